The summed E-state index contributed by atoms with van der Waals surface area (Å²) in [4.78, 5) is 20.5. The molecule has 0 saturated heterocycles. The standard InChI is InChI=1S/C11H9BrF3NO3/c1-19-10(18)16-6-2-3-7(9(12)5-17)8(4-6)11(13,14)15/h2-5,9H,1H3,(H,16,18). The van der Waals surface area contributed by atoms with E-state index >= 15 is 0 Å². The lowest BCUT2D eigenvalue weighted by molar-refractivity contribution is -0.138. The molecule has 0 heterocycles. The molecular formula is C11H9BrF3NO3. The van der Waals surface area contributed by atoms with Crippen LogP contribution in [0.1, 0.15) is 16.0 Å². The Kier molecular flexibility index (Phi) is 4.93. The van der Waals surface area contributed by atoms with Gasteiger partial charge in [-0.25, -0.2) is 4.79 Å². The van der Waals surface area contributed by atoms with Crippen molar-refractivity contribution in [3.05, 3.63) is 29.3 Å². The Morgan fingerprint density at radius 1 is 1.47 bits per heavy atom. The number of alkyl halides is 4. The number of rotatable bonds is 3. The summed E-state index contributed by atoms with van der Waals surface area (Å²) in [6.45, 7) is 0. The number of amides is 1. The van der Waals surface area contributed by atoms with Crippen molar-refractivity contribution in [3.8, 4) is 0 Å². The molecule has 19 heavy (non-hydrogen) atoms. The second kappa shape index (κ2) is 6.05. The molecule has 0 fully saturated rings. The SMILES string of the molecule is COC(=O)Nc1ccc(C(Br)C=O)c(C(F)(F)F)c1. The number of ether oxygens (including phenoxy) is 1. The van der Waals surface area contributed by atoms with Crippen LogP contribution in [0.2, 0.25) is 0 Å². The lowest BCUT2D eigenvalue weighted by atomic mass is 10.0. The van der Waals surface area contributed by atoms with Crippen LogP contribution in [-0.4, -0.2) is 19.5 Å². The minimum atomic E-state index is -4.64. The van der Waals surface area contributed by atoms with E-state index in [4.69, 9.17) is 0 Å². The fourth-order valence-corrected chi connectivity index (χ4v) is 1.76. The van der Waals surface area contributed by atoms with Crippen molar-refractivity contribution < 1.29 is 27.5 Å². The maximum Gasteiger partial charge on any atom is 0.416 e. The van der Waals surface area contributed by atoms with E-state index < -0.39 is 22.7 Å². The van der Waals surface area contributed by atoms with E-state index in [1.807, 2.05) is 0 Å². The summed E-state index contributed by atoms with van der Waals surface area (Å²) in [5.74, 6) is 0. The molecule has 8 heteroatoms. The summed E-state index contributed by atoms with van der Waals surface area (Å²) in [5, 5.41) is 2.12. The second-order valence-corrected chi connectivity index (χ2v) is 4.44. The van der Waals surface area contributed by atoms with Gasteiger partial charge in [0.25, 0.3) is 0 Å². The molecule has 4 nitrogen and oxygen atoms in total. The van der Waals surface area contributed by atoms with Crippen LogP contribution in [0.25, 0.3) is 0 Å². The smallest absolute Gasteiger partial charge is 0.416 e. The molecule has 0 saturated carbocycles. The molecule has 1 unspecified atom stereocenters. The Balaban J connectivity index is 3.23. The van der Waals surface area contributed by atoms with Crippen LogP contribution < -0.4 is 5.32 Å². The second-order valence-electron chi connectivity index (χ2n) is 3.45. The number of methoxy groups -OCH3 is 1. The van der Waals surface area contributed by atoms with Crippen molar-refractivity contribution in [3.63, 3.8) is 0 Å². The normalized spacial score (nSPS) is 12.7. The van der Waals surface area contributed by atoms with E-state index in [2.05, 4.69) is 26.0 Å². The van der Waals surface area contributed by atoms with Crippen molar-refractivity contribution in [1.29, 1.82) is 0 Å². The van der Waals surface area contributed by atoms with E-state index in [9.17, 15) is 22.8 Å². The van der Waals surface area contributed by atoms with E-state index in [1.54, 1.807) is 0 Å². The van der Waals surface area contributed by atoms with Gasteiger partial charge in [-0.1, -0.05) is 22.0 Å². The zero-order chi connectivity index (χ0) is 14.6. The lowest BCUT2D eigenvalue weighted by Crippen LogP contribution is -2.14. The molecular weight excluding hydrogens is 331 g/mol. The summed E-state index contributed by atoms with van der Waals surface area (Å²) < 4.78 is 42.9. The average molecular weight is 340 g/mol. The number of hydrogen-bond acceptors (Lipinski definition) is 3. The van der Waals surface area contributed by atoms with Crippen LogP contribution in [0.3, 0.4) is 0 Å². The van der Waals surface area contributed by atoms with E-state index in [-0.39, 0.29) is 11.3 Å². The first-order valence-corrected chi connectivity index (χ1v) is 5.86. The Bertz CT molecular complexity index is 491. The third kappa shape index (κ3) is 3.95. The van der Waals surface area contributed by atoms with Crippen LogP contribution in [0, 0.1) is 0 Å². The van der Waals surface area contributed by atoms with Crippen LogP contribution >= 0.6 is 15.9 Å². The number of carbonyl (C=O) groups is 2. The number of anilines is 1. The molecule has 1 N–H and O–H groups in total. The van der Waals surface area contributed by atoms with Gasteiger partial charge >= 0.3 is 12.3 Å². The summed E-state index contributed by atoms with van der Waals surface area (Å²) in [7, 11) is 1.09. The summed E-state index contributed by atoms with van der Waals surface area (Å²) in [5.41, 5.74) is -1.30. The van der Waals surface area contributed by atoms with Crippen molar-refractivity contribution in [2.24, 2.45) is 0 Å². The molecule has 1 aromatic carbocycles. The summed E-state index contributed by atoms with van der Waals surface area (Å²) in [6, 6.07) is 3.10. The molecule has 0 bridgehead atoms. The van der Waals surface area contributed by atoms with Crippen molar-refractivity contribution in [2.45, 2.75) is 11.0 Å². The van der Waals surface area contributed by atoms with E-state index in [0.717, 1.165) is 19.2 Å². The average Bonchev–Trinajstić information content (AvgIpc) is 2.36. The van der Waals surface area contributed by atoms with Gasteiger partial charge in [0.1, 0.15) is 6.29 Å². The highest BCUT2D eigenvalue weighted by Gasteiger charge is 2.35. The highest BCUT2D eigenvalue weighted by molar-refractivity contribution is 9.09. The van der Waals surface area contributed by atoms with Gasteiger partial charge in [-0.15, -0.1) is 0 Å². The number of benzene rings is 1. The van der Waals surface area contributed by atoms with Crippen molar-refractivity contribution in [2.75, 3.05) is 12.4 Å². The molecule has 1 aromatic rings. The van der Waals surface area contributed by atoms with Crippen LogP contribution in [0.4, 0.5) is 23.7 Å². The van der Waals surface area contributed by atoms with Gasteiger partial charge in [-0.3, -0.25) is 5.32 Å². The Morgan fingerprint density at radius 2 is 2.11 bits per heavy atom. The minimum absolute atomic E-state index is 0.0754. The van der Waals surface area contributed by atoms with Gasteiger partial charge in [0.15, 0.2) is 0 Å². The van der Waals surface area contributed by atoms with Crippen molar-refractivity contribution >= 4 is 34.0 Å². The first-order valence-electron chi connectivity index (χ1n) is 4.95. The van der Waals surface area contributed by atoms with E-state index in [0.29, 0.717) is 6.29 Å². The molecule has 0 aromatic heterocycles. The maximum atomic E-state index is 12.9. The molecule has 1 atom stereocenters. The zero-order valence-electron chi connectivity index (χ0n) is 9.62. The number of aldehydes is 1. The minimum Gasteiger partial charge on any atom is -0.453 e. The predicted octanol–water partition coefficient (Wildman–Crippen LogP) is 3.52. The van der Waals surface area contributed by atoms with Crippen LogP contribution in [0.15, 0.2) is 18.2 Å². The van der Waals surface area contributed by atoms with Crippen LogP contribution in [0.5, 0.6) is 0 Å². The van der Waals surface area contributed by atoms with Gasteiger partial charge in [-0.05, 0) is 17.7 Å². The molecule has 0 aliphatic heterocycles. The predicted molar refractivity (Wildman–Crippen MR) is 65.2 cm³/mol. The van der Waals surface area contributed by atoms with Gasteiger partial charge < -0.3 is 9.53 Å². The number of nitrogens with one attached hydrogen (secondary N) is 1. The fraction of sp³-hybridized carbons (Fsp3) is 0.273. The molecule has 1 rings (SSSR count). The molecule has 0 radical (unpaired) electrons. The quantitative estimate of drug-likeness (QED) is 0.677. The third-order valence-electron chi connectivity index (χ3n) is 2.21. The van der Waals surface area contributed by atoms with Crippen molar-refractivity contribution in [1.82, 2.24) is 0 Å². The highest BCUT2D eigenvalue weighted by atomic mass is 79.9. The summed E-state index contributed by atoms with van der Waals surface area (Å²) >= 11 is 2.84. The molecule has 0 aliphatic rings. The number of carbonyl (C=O) groups excluding carboxylic acids is 2. The first-order chi connectivity index (χ1) is 8.79. The van der Waals surface area contributed by atoms with E-state index in [1.165, 1.54) is 6.07 Å². The maximum absolute atomic E-state index is 12.9. The van der Waals surface area contributed by atoms with Gasteiger partial charge in [0.05, 0.1) is 17.5 Å². The Morgan fingerprint density at radius 3 is 2.58 bits per heavy atom. The Hall–Kier alpha value is -1.57. The largest absolute Gasteiger partial charge is 0.453 e. The van der Waals surface area contributed by atoms with Gasteiger partial charge in [-0.2, -0.15) is 13.2 Å². The first kappa shape index (κ1) is 15.5. The van der Waals surface area contributed by atoms with Gasteiger partial charge in [0, 0.05) is 5.69 Å². The molecule has 0 spiro atoms. The number of hydrogen-bond donors (Lipinski definition) is 1. The highest BCUT2D eigenvalue weighted by Crippen LogP contribution is 2.38. The zero-order valence-corrected chi connectivity index (χ0v) is 11.2. The molecule has 0 aliphatic carbocycles. The molecule has 104 valence electrons. The number of halogens is 4. The third-order valence-corrected chi connectivity index (χ3v) is 2.92. The topological polar surface area (TPSA) is 55.4 Å². The lowest BCUT2D eigenvalue weighted by Gasteiger charge is -2.15. The Labute approximate surface area is 115 Å². The van der Waals surface area contributed by atoms with Gasteiger partial charge in [0.2, 0.25) is 0 Å². The fourth-order valence-electron chi connectivity index (χ4n) is 1.36. The van der Waals surface area contributed by atoms with Crippen LogP contribution in [-0.2, 0) is 15.7 Å². The monoisotopic (exact) mass is 339 g/mol. The molecule has 1 amide bonds. The summed E-state index contributed by atoms with van der Waals surface area (Å²) in [6.07, 6.45) is -5.18.